The van der Waals surface area contributed by atoms with E-state index in [0.29, 0.717) is 16.8 Å². The smallest absolute Gasteiger partial charge is 0.241 e. The summed E-state index contributed by atoms with van der Waals surface area (Å²) in [5, 5.41) is 9.01. The van der Waals surface area contributed by atoms with Crippen LogP contribution in [0.15, 0.2) is 11.0 Å². The standard InChI is InChI=1S/C14H24N2O4S/c1-9-7-10(2)14(11(3)13(9)15)21(18,19)16-12(5-6-17)8-20-4/h7,12,16-17H,5-6,8,15H2,1-4H3. The van der Waals surface area contributed by atoms with Gasteiger partial charge < -0.3 is 15.6 Å². The molecule has 1 aromatic rings. The fourth-order valence-electron chi connectivity index (χ4n) is 2.41. The number of aliphatic hydroxyl groups excluding tert-OH is 1. The molecule has 0 saturated heterocycles. The Labute approximate surface area is 126 Å². The molecule has 0 spiro atoms. The van der Waals surface area contributed by atoms with Crippen LogP contribution in [0.2, 0.25) is 0 Å². The van der Waals surface area contributed by atoms with E-state index >= 15 is 0 Å². The van der Waals surface area contributed by atoms with E-state index in [1.54, 1.807) is 19.9 Å². The number of nitrogens with one attached hydrogen (secondary N) is 1. The van der Waals surface area contributed by atoms with Crippen molar-refractivity contribution in [2.75, 3.05) is 26.1 Å². The summed E-state index contributed by atoms with van der Waals surface area (Å²) in [5.41, 5.74) is 8.46. The van der Waals surface area contributed by atoms with Crippen molar-refractivity contribution in [1.29, 1.82) is 0 Å². The molecule has 0 aliphatic carbocycles. The highest BCUT2D eigenvalue weighted by atomic mass is 32.2. The van der Waals surface area contributed by atoms with E-state index in [4.69, 9.17) is 15.6 Å². The summed E-state index contributed by atoms with van der Waals surface area (Å²) in [6, 6.07) is 1.28. The predicted octanol–water partition coefficient (Wildman–Crippen LogP) is 0.870. The number of aryl methyl sites for hydroxylation is 2. The van der Waals surface area contributed by atoms with E-state index in [1.807, 2.05) is 6.92 Å². The molecule has 1 atom stereocenters. The second kappa shape index (κ2) is 7.22. The van der Waals surface area contributed by atoms with Crippen molar-refractivity contribution in [3.05, 3.63) is 22.8 Å². The van der Waals surface area contributed by atoms with Crippen LogP contribution >= 0.6 is 0 Å². The van der Waals surface area contributed by atoms with Crippen molar-refractivity contribution in [3.8, 4) is 0 Å². The average Bonchev–Trinajstić information content (AvgIpc) is 2.35. The summed E-state index contributed by atoms with van der Waals surface area (Å²) >= 11 is 0. The Morgan fingerprint density at radius 3 is 2.48 bits per heavy atom. The minimum Gasteiger partial charge on any atom is -0.398 e. The van der Waals surface area contributed by atoms with Crippen LogP contribution in [0.4, 0.5) is 5.69 Å². The van der Waals surface area contributed by atoms with Crippen molar-refractivity contribution < 1.29 is 18.3 Å². The monoisotopic (exact) mass is 316 g/mol. The summed E-state index contributed by atoms with van der Waals surface area (Å²) < 4.78 is 32.7. The minimum atomic E-state index is -3.73. The molecule has 0 aliphatic heterocycles. The van der Waals surface area contributed by atoms with Crippen LogP contribution in [0.25, 0.3) is 0 Å². The minimum absolute atomic E-state index is 0.120. The van der Waals surface area contributed by atoms with Gasteiger partial charge >= 0.3 is 0 Å². The maximum Gasteiger partial charge on any atom is 0.241 e. The van der Waals surface area contributed by atoms with Crippen molar-refractivity contribution in [1.82, 2.24) is 4.72 Å². The highest BCUT2D eigenvalue weighted by Gasteiger charge is 2.25. The van der Waals surface area contributed by atoms with Gasteiger partial charge in [-0.15, -0.1) is 0 Å². The highest BCUT2D eigenvalue weighted by molar-refractivity contribution is 7.89. The molecule has 7 heteroatoms. The van der Waals surface area contributed by atoms with Crippen LogP contribution in [0.1, 0.15) is 23.1 Å². The molecular weight excluding hydrogens is 292 g/mol. The SMILES string of the molecule is COCC(CCO)NS(=O)(=O)c1c(C)cc(C)c(N)c1C. The number of methoxy groups -OCH3 is 1. The van der Waals surface area contributed by atoms with E-state index in [2.05, 4.69) is 4.72 Å². The van der Waals surface area contributed by atoms with Crippen molar-refractivity contribution in [2.45, 2.75) is 38.1 Å². The predicted molar refractivity (Wildman–Crippen MR) is 82.8 cm³/mol. The number of sulfonamides is 1. The molecule has 0 saturated carbocycles. The highest BCUT2D eigenvalue weighted by Crippen LogP contribution is 2.28. The van der Waals surface area contributed by atoms with Gasteiger partial charge in [0.2, 0.25) is 10.0 Å². The van der Waals surface area contributed by atoms with E-state index in [9.17, 15) is 8.42 Å². The van der Waals surface area contributed by atoms with Crippen LogP contribution in [0.3, 0.4) is 0 Å². The number of nitrogen functional groups attached to an aromatic ring is 1. The molecule has 1 rings (SSSR count). The molecule has 1 unspecified atom stereocenters. The molecule has 21 heavy (non-hydrogen) atoms. The molecule has 0 radical (unpaired) electrons. The lowest BCUT2D eigenvalue weighted by atomic mass is 10.1. The lowest BCUT2D eigenvalue weighted by Gasteiger charge is -2.20. The maximum atomic E-state index is 12.6. The van der Waals surface area contributed by atoms with E-state index < -0.39 is 16.1 Å². The van der Waals surface area contributed by atoms with Crippen molar-refractivity contribution >= 4 is 15.7 Å². The van der Waals surface area contributed by atoms with Gasteiger partial charge in [0.05, 0.1) is 11.5 Å². The lowest BCUT2D eigenvalue weighted by molar-refractivity contribution is 0.158. The largest absolute Gasteiger partial charge is 0.398 e. The number of nitrogens with two attached hydrogens (primary N) is 1. The molecule has 0 bridgehead atoms. The second-order valence-corrected chi connectivity index (χ2v) is 6.81. The summed E-state index contributed by atoms with van der Waals surface area (Å²) in [6.07, 6.45) is 0.284. The molecular formula is C14H24N2O4S. The Kier molecular flexibility index (Phi) is 6.15. The Morgan fingerprint density at radius 2 is 1.95 bits per heavy atom. The van der Waals surface area contributed by atoms with Crippen LogP contribution in [-0.2, 0) is 14.8 Å². The molecule has 0 amide bonds. The number of aliphatic hydroxyl groups is 1. The first kappa shape index (κ1) is 17.9. The molecule has 0 aromatic heterocycles. The third kappa shape index (κ3) is 4.16. The molecule has 6 nitrogen and oxygen atoms in total. The van der Waals surface area contributed by atoms with E-state index in [0.717, 1.165) is 5.56 Å². The fourth-order valence-corrected chi connectivity index (χ4v) is 4.15. The zero-order chi connectivity index (χ0) is 16.2. The molecule has 4 N–H and O–H groups in total. The van der Waals surface area contributed by atoms with Crippen molar-refractivity contribution in [3.63, 3.8) is 0 Å². The number of ether oxygens (including phenoxy) is 1. The van der Waals surface area contributed by atoms with Gasteiger partial charge in [0.1, 0.15) is 0 Å². The van der Waals surface area contributed by atoms with Gasteiger partial charge in [0.15, 0.2) is 0 Å². The average molecular weight is 316 g/mol. The molecule has 0 heterocycles. The summed E-state index contributed by atoms with van der Waals surface area (Å²) in [7, 11) is -2.24. The third-order valence-corrected chi connectivity index (χ3v) is 5.21. The van der Waals surface area contributed by atoms with Gasteiger partial charge in [-0.25, -0.2) is 13.1 Å². The van der Waals surface area contributed by atoms with Crippen LogP contribution in [0.5, 0.6) is 0 Å². The van der Waals surface area contributed by atoms with E-state index in [1.165, 1.54) is 7.11 Å². The number of hydrogen-bond donors (Lipinski definition) is 3. The number of anilines is 1. The first-order valence-corrected chi connectivity index (χ1v) is 8.21. The Morgan fingerprint density at radius 1 is 1.33 bits per heavy atom. The summed E-state index contributed by atoms with van der Waals surface area (Å²) in [6.45, 7) is 5.36. The van der Waals surface area contributed by atoms with Gasteiger partial charge in [-0.3, -0.25) is 0 Å². The van der Waals surface area contributed by atoms with Gasteiger partial charge in [-0.2, -0.15) is 0 Å². The summed E-state index contributed by atoms with van der Waals surface area (Å²) in [4.78, 5) is 0.199. The van der Waals surface area contributed by atoms with Crippen molar-refractivity contribution in [2.24, 2.45) is 0 Å². The van der Waals surface area contributed by atoms with Crippen LogP contribution < -0.4 is 10.5 Å². The van der Waals surface area contributed by atoms with Crippen LogP contribution in [-0.4, -0.2) is 39.9 Å². The quantitative estimate of drug-likeness (QED) is 0.648. The molecule has 120 valence electrons. The van der Waals surface area contributed by atoms with Gasteiger partial charge in [0, 0.05) is 25.4 Å². The topological polar surface area (TPSA) is 102 Å². The first-order chi connectivity index (χ1) is 9.74. The Balaban J connectivity index is 3.22. The Hall–Kier alpha value is -1.15. The number of benzene rings is 1. The maximum absolute atomic E-state index is 12.6. The lowest BCUT2D eigenvalue weighted by Crippen LogP contribution is -2.39. The molecule has 0 fully saturated rings. The molecule has 0 aliphatic rings. The number of hydrogen-bond acceptors (Lipinski definition) is 5. The molecule has 1 aromatic carbocycles. The third-order valence-electron chi connectivity index (χ3n) is 3.40. The van der Waals surface area contributed by atoms with E-state index in [-0.39, 0.29) is 24.5 Å². The normalized spacial score (nSPS) is 13.4. The first-order valence-electron chi connectivity index (χ1n) is 6.73. The fraction of sp³-hybridized carbons (Fsp3) is 0.571. The zero-order valence-corrected chi connectivity index (χ0v) is 13.8. The van der Waals surface area contributed by atoms with Crippen LogP contribution in [0, 0.1) is 20.8 Å². The van der Waals surface area contributed by atoms with Gasteiger partial charge in [-0.05, 0) is 43.9 Å². The Bertz CT molecular complexity index is 593. The van der Waals surface area contributed by atoms with Gasteiger partial charge in [0.25, 0.3) is 0 Å². The van der Waals surface area contributed by atoms with Gasteiger partial charge in [-0.1, -0.05) is 6.07 Å². The number of rotatable bonds is 7. The summed E-state index contributed by atoms with van der Waals surface area (Å²) in [5.74, 6) is 0. The zero-order valence-electron chi connectivity index (χ0n) is 12.9. The second-order valence-electron chi connectivity index (χ2n) is 5.16.